The molecule has 1 atom stereocenters. The monoisotopic (exact) mass is 286 g/mol. The van der Waals surface area contributed by atoms with Crippen LogP contribution in [0.4, 0.5) is 0 Å². The van der Waals surface area contributed by atoms with E-state index in [0.717, 1.165) is 0 Å². The Morgan fingerprint density at radius 2 is 2.21 bits per heavy atom. The van der Waals surface area contributed by atoms with Crippen LogP contribution in [0.1, 0.15) is 44.0 Å². The van der Waals surface area contributed by atoms with E-state index in [2.05, 4.69) is 10.4 Å². The number of hydrogen-bond donors (Lipinski definition) is 2. The van der Waals surface area contributed by atoms with E-state index >= 15 is 0 Å². The third-order valence-corrected chi connectivity index (χ3v) is 3.26. The zero-order valence-corrected chi connectivity index (χ0v) is 12.5. The number of amides is 1. The summed E-state index contributed by atoms with van der Waals surface area (Å²) in [5.41, 5.74) is 6.43. The summed E-state index contributed by atoms with van der Waals surface area (Å²) in [7, 11) is 0. The zero-order valence-electron chi connectivity index (χ0n) is 11.7. The molecule has 0 aliphatic heterocycles. The Hall–Kier alpha value is -1.07. The van der Waals surface area contributed by atoms with Crippen LogP contribution in [0, 0.1) is 5.92 Å². The number of carbonyl (C=O) groups is 1. The van der Waals surface area contributed by atoms with Crippen LogP contribution < -0.4 is 11.1 Å². The molecule has 3 N–H and O–H groups in total. The van der Waals surface area contributed by atoms with Gasteiger partial charge in [0.25, 0.3) is 5.91 Å². The SMILES string of the molecule is CC(C)(C)n1cc(C(=O)NCC(N)C2CC2)cn1.Cl. The molecule has 1 aromatic rings. The lowest BCUT2D eigenvalue weighted by Gasteiger charge is -2.18. The maximum atomic E-state index is 11.9. The Bertz CT molecular complexity index is 434. The third-order valence-electron chi connectivity index (χ3n) is 3.26. The highest BCUT2D eigenvalue weighted by atomic mass is 35.5. The second kappa shape index (κ2) is 5.92. The van der Waals surface area contributed by atoms with Crippen LogP contribution in [0.2, 0.25) is 0 Å². The Balaban J connectivity index is 0.00000180. The number of halogens is 1. The van der Waals surface area contributed by atoms with E-state index in [1.54, 1.807) is 17.1 Å². The van der Waals surface area contributed by atoms with E-state index in [0.29, 0.717) is 18.0 Å². The molecule has 0 aromatic carbocycles. The van der Waals surface area contributed by atoms with Crippen LogP contribution in [0.5, 0.6) is 0 Å². The lowest BCUT2D eigenvalue weighted by molar-refractivity contribution is 0.0950. The van der Waals surface area contributed by atoms with Crippen molar-refractivity contribution in [1.29, 1.82) is 0 Å². The van der Waals surface area contributed by atoms with E-state index in [9.17, 15) is 4.79 Å². The summed E-state index contributed by atoms with van der Waals surface area (Å²) in [6, 6.07) is 0.0895. The summed E-state index contributed by atoms with van der Waals surface area (Å²) in [5.74, 6) is 0.504. The van der Waals surface area contributed by atoms with Crippen LogP contribution in [0.3, 0.4) is 0 Å². The summed E-state index contributed by atoms with van der Waals surface area (Å²) < 4.78 is 1.79. The van der Waals surface area contributed by atoms with Gasteiger partial charge in [-0.25, -0.2) is 0 Å². The van der Waals surface area contributed by atoms with Gasteiger partial charge in [-0.1, -0.05) is 0 Å². The molecule has 108 valence electrons. The van der Waals surface area contributed by atoms with Crippen molar-refractivity contribution in [3.63, 3.8) is 0 Å². The van der Waals surface area contributed by atoms with Crippen molar-refractivity contribution in [2.24, 2.45) is 11.7 Å². The molecule has 1 heterocycles. The first kappa shape index (κ1) is 16.0. The lowest BCUT2D eigenvalue weighted by Crippen LogP contribution is -2.38. The van der Waals surface area contributed by atoms with E-state index in [-0.39, 0.29) is 29.9 Å². The van der Waals surface area contributed by atoms with Crippen molar-refractivity contribution in [2.75, 3.05) is 6.54 Å². The van der Waals surface area contributed by atoms with E-state index in [4.69, 9.17) is 5.73 Å². The number of aromatic nitrogens is 2. The van der Waals surface area contributed by atoms with Crippen LogP contribution in [0.25, 0.3) is 0 Å². The number of carbonyl (C=O) groups excluding carboxylic acids is 1. The largest absolute Gasteiger partial charge is 0.350 e. The number of rotatable bonds is 4. The van der Waals surface area contributed by atoms with Crippen molar-refractivity contribution in [1.82, 2.24) is 15.1 Å². The van der Waals surface area contributed by atoms with Crippen LogP contribution in [-0.2, 0) is 5.54 Å². The molecule has 19 heavy (non-hydrogen) atoms. The molecular weight excluding hydrogens is 264 g/mol. The van der Waals surface area contributed by atoms with Gasteiger partial charge < -0.3 is 11.1 Å². The first-order valence-electron chi connectivity index (χ1n) is 6.47. The van der Waals surface area contributed by atoms with Gasteiger partial charge in [0.2, 0.25) is 0 Å². The number of nitrogens with one attached hydrogen (secondary N) is 1. The Morgan fingerprint density at radius 3 is 2.68 bits per heavy atom. The highest BCUT2D eigenvalue weighted by molar-refractivity contribution is 5.93. The topological polar surface area (TPSA) is 72.9 Å². The maximum absolute atomic E-state index is 11.9. The van der Waals surface area contributed by atoms with Gasteiger partial charge in [0.1, 0.15) is 0 Å². The molecule has 1 saturated carbocycles. The predicted molar refractivity (Wildman–Crippen MR) is 77.5 cm³/mol. The molecule has 0 radical (unpaired) electrons. The van der Waals surface area contributed by atoms with Gasteiger partial charge in [0.05, 0.1) is 17.3 Å². The fourth-order valence-electron chi connectivity index (χ4n) is 1.81. The molecule has 2 rings (SSSR count). The average Bonchev–Trinajstić information content (AvgIpc) is 3.00. The molecule has 1 aliphatic carbocycles. The molecule has 0 bridgehead atoms. The van der Waals surface area contributed by atoms with E-state index < -0.39 is 0 Å². The Labute approximate surface area is 120 Å². The van der Waals surface area contributed by atoms with Crippen molar-refractivity contribution in [2.45, 2.75) is 45.2 Å². The molecule has 1 amide bonds. The highest BCUT2D eigenvalue weighted by Crippen LogP contribution is 2.31. The third kappa shape index (κ3) is 4.21. The number of hydrogen-bond acceptors (Lipinski definition) is 3. The summed E-state index contributed by atoms with van der Waals surface area (Å²) >= 11 is 0. The summed E-state index contributed by atoms with van der Waals surface area (Å²) in [6.07, 6.45) is 5.76. The molecule has 6 heteroatoms. The molecule has 1 fully saturated rings. The zero-order chi connectivity index (χ0) is 13.3. The second-order valence-corrected chi connectivity index (χ2v) is 6.06. The minimum atomic E-state index is -0.108. The Morgan fingerprint density at radius 1 is 1.58 bits per heavy atom. The van der Waals surface area contributed by atoms with Gasteiger partial charge in [0.15, 0.2) is 0 Å². The Kier molecular flexibility index (Phi) is 4.98. The molecular formula is C13H23ClN4O. The summed E-state index contributed by atoms with van der Waals surface area (Å²) in [5, 5.41) is 7.08. The van der Waals surface area contributed by atoms with Crippen molar-refractivity contribution in [3.05, 3.63) is 18.0 Å². The number of nitrogens with zero attached hydrogens (tertiary/aromatic N) is 2. The van der Waals surface area contributed by atoms with Gasteiger partial charge >= 0.3 is 0 Å². The maximum Gasteiger partial charge on any atom is 0.254 e. The van der Waals surface area contributed by atoms with Crippen LogP contribution in [-0.4, -0.2) is 28.3 Å². The van der Waals surface area contributed by atoms with Gasteiger partial charge in [-0.2, -0.15) is 5.10 Å². The van der Waals surface area contributed by atoms with Gasteiger partial charge in [-0.3, -0.25) is 9.48 Å². The smallest absolute Gasteiger partial charge is 0.254 e. The average molecular weight is 287 g/mol. The summed E-state index contributed by atoms with van der Waals surface area (Å²) in [4.78, 5) is 11.9. The highest BCUT2D eigenvalue weighted by Gasteiger charge is 2.28. The quantitative estimate of drug-likeness (QED) is 0.881. The molecule has 1 unspecified atom stereocenters. The van der Waals surface area contributed by atoms with Crippen LogP contribution >= 0.6 is 12.4 Å². The number of nitrogens with two attached hydrogens (primary N) is 1. The normalized spacial score (nSPS) is 16.6. The minimum Gasteiger partial charge on any atom is -0.350 e. The van der Waals surface area contributed by atoms with Crippen molar-refractivity contribution < 1.29 is 4.79 Å². The van der Waals surface area contributed by atoms with Gasteiger partial charge in [-0.15, -0.1) is 12.4 Å². The van der Waals surface area contributed by atoms with Gasteiger partial charge in [0, 0.05) is 18.8 Å². The fraction of sp³-hybridized carbons (Fsp3) is 0.692. The van der Waals surface area contributed by atoms with Crippen molar-refractivity contribution >= 4 is 18.3 Å². The van der Waals surface area contributed by atoms with Crippen LogP contribution in [0.15, 0.2) is 12.4 Å². The van der Waals surface area contributed by atoms with E-state index in [1.807, 2.05) is 20.8 Å². The van der Waals surface area contributed by atoms with Gasteiger partial charge in [-0.05, 0) is 39.5 Å². The first-order chi connectivity index (χ1) is 8.38. The lowest BCUT2D eigenvalue weighted by atomic mass is 10.1. The fourth-order valence-corrected chi connectivity index (χ4v) is 1.81. The first-order valence-corrected chi connectivity index (χ1v) is 6.47. The van der Waals surface area contributed by atoms with E-state index in [1.165, 1.54) is 12.8 Å². The van der Waals surface area contributed by atoms with Crippen molar-refractivity contribution in [3.8, 4) is 0 Å². The molecule has 5 nitrogen and oxygen atoms in total. The standard InChI is InChI=1S/C13H22N4O.ClH/c1-13(2,3)17-8-10(6-16-17)12(18)15-7-11(14)9-4-5-9;/h6,8-9,11H,4-5,7,14H2,1-3H3,(H,15,18);1H. The second-order valence-electron chi connectivity index (χ2n) is 6.06. The predicted octanol–water partition coefficient (Wildman–Crippen LogP) is 1.53. The minimum absolute atomic E-state index is 0. The molecule has 1 aliphatic rings. The molecule has 1 aromatic heterocycles. The molecule has 0 spiro atoms. The summed E-state index contributed by atoms with van der Waals surface area (Å²) in [6.45, 7) is 6.68. The molecule has 0 saturated heterocycles.